The van der Waals surface area contributed by atoms with Gasteiger partial charge in [-0.15, -0.1) is 11.8 Å². The summed E-state index contributed by atoms with van der Waals surface area (Å²) in [6, 6.07) is 2.86. The Bertz CT molecular complexity index is 393. The van der Waals surface area contributed by atoms with Crippen LogP contribution in [0.25, 0.3) is 0 Å². The number of thioether (sulfide) groups is 1. The number of carbonyl (C=O) groups is 1. The number of carboxylic acids is 1. The zero-order chi connectivity index (χ0) is 12.1. The maximum atomic E-state index is 10.5. The monoisotopic (exact) mass is 242 g/mol. The van der Waals surface area contributed by atoms with Gasteiger partial charge in [0.2, 0.25) is 0 Å². The lowest BCUT2D eigenvalue weighted by molar-refractivity contribution is -0.385. The summed E-state index contributed by atoms with van der Waals surface area (Å²) in [4.78, 5) is 24.2. The summed E-state index contributed by atoms with van der Waals surface area (Å²) in [5.41, 5.74) is -0.0735. The van der Waals surface area contributed by atoms with Crippen molar-refractivity contribution in [2.75, 3.05) is 5.75 Å². The normalized spacial score (nSPS) is 12.1. The Kier molecular flexibility index (Phi) is 4.24. The average Bonchev–Trinajstić information content (AvgIpc) is 2.26. The molecule has 0 radical (unpaired) electrons. The number of aliphatic carboxylic acids is 1. The van der Waals surface area contributed by atoms with Gasteiger partial charge in [0.1, 0.15) is 6.20 Å². The van der Waals surface area contributed by atoms with Crippen LogP contribution in [0.2, 0.25) is 0 Å². The standard InChI is InChI=1S/C9H10N2O4S/c1-6(9(12)13)5-16-8-3-2-7(4-10-8)11(14)15/h2-4,6H,5H2,1H3,(H,12,13). The van der Waals surface area contributed by atoms with Crippen molar-refractivity contribution >= 4 is 23.4 Å². The maximum absolute atomic E-state index is 10.5. The SMILES string of the molecule is CC(CSc1ccc([N+](=O)[O-])cn1)C(=O)O. The van der Waals surface area contributed by atoms with Crippen molar-refractivity contribution in [2.45, 2.75) is 11.9 Å². The Balaban J connectivity index is 2.56. The van der Waals surface area contributed by atoms with E-state index in [1.807, 2.05) is 0 Å². The Morgan fingerprint density at radius 3 is 2.81 bits per heavy atom. The lowest BCUT2D eigenvalue weighted by Crippen LogP contribution is -2.11. The van der Waals surface area contributed by atoms with E-state index in [-0.39, 0.29) is 5.69 Å². The highest BCUT2D eigenvalue weighted by atomic mass is 32.2. The Morgan fingerprint density at radius 2 is 2.38 bits per heavy atom. The predicted molar refractivity (Wildman–Crippen MR) is 58.4 cm³/mol. The molecule has 1 rings (SSSR count). The number of nitrogens with zero attached hydrogens (tertiary/aromatic N) is 2. The zero-order valence-corrected chi connectivity index (χ0v) is 9.31. The van der Waals surface area contributed by atoms with Gasteiger partial charge in [-0.25, -0.2) is 4.98 Å². The maximum Gasteiger partial charge on any atom is 0.307 e. The number of rotatable bonds is 5. The van der Waals surface area contributed by atoms with Gasteiger partial charge in [0, 0.05) is 11.8 Å². The molecule has 0 amide bonds. The molecule has 86 valence electrons. The highest BCUT2D eigenvalue weighted by Crippen LogP contribution is 2.20. The first-order valence-electron chi connectivity index (χ1n) is 4.46. The van der Waals surface area contributed by atoms with Crippen molar-refractivity contribution in [3.8, 4) is 0 Å². The van der Waals surface area contributed by atoms with E-state index in [0.29, 0.717) is 10.8 Å². The highest BCUT2D eigenvalue weighted by Gasteiger charge is 2.12. The number of hydrogen-bond acceptors (Lipinski definition) is 5. The highest BCUT2D eigenvalue weighted by molar-refractivity contribution is 7.99. The van der Waals surface area contributed by atoms with E-state index in [0.717, 1.165) is 6.20 Å². The topological polar surface area (TPSA) is 93.3 Å². The third-order valence-electron chi connectivity index (χ3n) is 1.83. The van der Waals surface area contributed by atoms with Crippen LogP contribution in [0.3, 0.4) is 0 Å². The minimum atomic E-state index is -0.866. The van der Waals surface area contributed by atoms with E-state index in [9.17, 15) is 14.9 Å². The number of pyridine rings is 1. The second-order valence-corrected chi connectivity index (χ2v) is 4.20. The lowest BCUT2D eigenvalue weighted by Gasteiger charge is -2.04. The molecule has 6 nitrogen and oxygen atoms in total. The molecule has 1 atom stereocenters. The van der Waals surface area contributed by atoms with Crippen LogP contribution in [0.5, 0.6) is 0 Å². The molecular weight excluding hydrogens is 232 g/mol. The number of hydrogen-bond donors (Lipinski definition) is 1. The van der Waals surface area contributed by atoms with E-state index in [4.69, 9.17) is 5.11 Å². The number of nitro groups is 1. The van der Waals surface area contributed by atoms with Crippen LogP contribution in [0, 0.1) is 16.0 Å². The van der Waals surface area contributed by atoms with Gasteiger partial charge in [0.15, 0.2) is 0 Å². The lowest BCUT2D eigenvalue weighted by atomic mass is 10.2. The van der Waals surface area contributed by atoms with Gasteiger partial charge in [-0.2, -0.15) is 0 Å². The van der Waals surface area contributed by atoms with E-state index in [2.05, 4.69) is 4.98 Å². The van der Waals surface area contributed by atoms with Crippen LogP contribution in [-0.2, 0) is 4.79 Å². The second-order valence-electron chi connectivity index (χ2n) is 3.16. The van der Waals surface area contributed by atoms with Crippen molar-refractivity contribution in [1.29, 1.82) is 0 Å². The van der Waals surface area contributed by atoms with Gasteiger partial charge < -0.3 is 5.11 Å². The Morgan fingerprint density at radius 1 is 1.69 bits per heavy atom. The van der Waals surface area contributed by atoms with Gasteiger partial charge in [-0.05, 0) is 6.07 Å². The molecule has 1 heterocycles. The van der Waals surface area contributed by atoms with Gasteiger partial charge in [0.25, 0.3) is 5.69 Å². The molecule has 1 N–H and O–H groups in total. The summed E-state index contributed by atoms with van der Waals surface area (Å²) in [7, 11) is 0. The van der Waals surface area contributed by atoms with Crippen molar-refractivity contribution in [2.24, 2.45) is 5.92 Å². The smallest absolute Gasteiger partial charge is 0.307 e. The first-order chi connectivity index (χ1) is 7.50. The van der Waals surface area contributed by atoms with Crippen molar-refractivity contribution in [3.63, 3.8) is 0 Å². The van der Waals surface area contributed by atoms with Gasteiger partial charge >= 0.3 is 5.97 Å². The van der Waals surface area contributed by atoms with Gasteiger partial charge in [-0.3, -0.25) is 14.9 Å². The first-order valence-corrected chi connectivity index (χ1v) is 5.45. The van der Waals surface area contributed by atoms with E-state index < -0.39 is 16.8 Å². The molecule has 0 aliphatic carbocycles. The molecule has 0 saturated heterocycles. The molecule has 0 aliphatic heterocycles. The molecule has 0 saturated carbocycles. The van der Waals surface area contributed by atoms with Crippen LogP contribution in [0.1, 0.15) is 6.92 Å². The Hall–Kier alpha value is -1.63. The quantitative estimate of drug-likeness (QED) is 0.480. The molecule has 0 aliphatic rings. The third-order valence-corrected chi connectivity index (χ3v) is 3.04. The minimum Gasteiger partial charge on any atom is -0.481 e. The van der Waals surface area contributed by atoms with Crippen LogP contribution in [-0.4, -0.2) is 26.7 Å². The molecular formula is C9H10N2O4S. The fourth-order valence-corrected chi connectivity index (χ4v) is 1.70. The zero-order valence-electron chi connectivity index (χ0n) is 8.49. The summed E-state index contributed by atoms with van der Waals surface area (Å²) in [5, 5.41) is 19.6. The van der Waals surface area contributed by atoms with Crippen molar-refractivity contribution in [1.82, 2.24) is 4.98 Å². The van der Waals surface area contributed by atoms with Gasteiger partial charge in [-0.1, -0.05) is 6.92 Å². The largest absolute Gasteiger partial charge is 0.481 e. The second kappa shape index (κ2) is 5.45. The van der Waals surface area contributed by atoms with Crippen LogP contribution >= 0.6 is 11.8 Å². The predicted octanol–water partition coefficient (Wildman–Crippen LogP) is 1.80. The molecule has 1 aromatic rings. The van der Waals surface area contributed by atoms with Crippen LogP contribution in [0.15, 0.2) is 23.4 Å². The molecule has 16 heavy (non-hydrogen) atoms. The first kappa shape index (κ1) is 12.4. The summed E-state index contributed by atoms with van der Waals surface area (Å²) < 4.78 is 0. The summed E-state index contributed by atoms with van der Waals surface area (Å²) in [6.07, 6.45) is 1.16. The van der Waals surface area contributed by atoms with E-state index in [1.54, 1.807) is 6.92 Å². The Labute approximate surface area is 95.8 Å². The molecule has 0 bridgehead atoms. The molecule has 0 spiro atoms. The molecule has 1 unspecified atom stereocenters. The van der Waals surface area contributed by atoms with Gasteiger partial charge in [0.05, 0.1) is 15.9 Å². The molecule has 0 fully saturated rings. The fraction of sp³-hybridized carbons (Fsp3) is 0.333. The van der Waals surface area contributed by atoms with Crippen molar-refractivity contribution in [3.05, 3.63) is 28.4 Å². The fourth-order valence-electron chi connectivity index (χ4n) is 0.848. The number of carboxylic acid groups (broad SMARTS) is 1. The third kappa shape index (κ3) is 3.50. The average molecular weight is 242 g/mol. The van der Waals surface area contributed by atoms with Crippen LogP contribution < -0.4 is 0 Å². The summed E-state index contributed by atoms with van der Waals surface area (Å²) >= 11 is 1.26. The minimum absolute atomic E-state index is 0.0735. The summed E-state index contributed by atoms with van der Waals surface area (Å²) in [5.74, 6) is -0.948. The number of aromatic nitrogens is 1. The summed E-state index contributed by atoms with van der Waals surface area (Å²) in [6.45, 7) is 1.60. The van der Waals surface area contributed by atoms with E-state index in [1.165, 1.54) is 23.9 Å². The molecule has 1 aromatic heterocycles. The molecule has 7 heteroatoms. The van der Waals surface area contributed by atoms with Crippen molar-refractivity contribution < 1.29 is 14.8 Å². The molecule has 0 aromatic carbocycles. The van der Waals surface area contributed by atoms with E-state index >= 15 is 0 Å². The van der Waals surface area contributed by atoms with Crippen LogP contribution in [0.4, 0.5) is 5.69 Å².